The highest BCUT2D eigenvalue weighted by Gasteiger charge is 2.04. The molecule has 4 nitrogen and oxygen atoms in total. The van der Waals surface area contributed by atoms with Crippen LogP contribution in [0, 0.1) is 0 Å². The molecule has 1 rings (SSSR count). The smallest absolute Gasteiger partial charge is 0.129 e. The second kappa shape index (κ2) is 5.90. The predicted molar refractivity (Wildman–Crippen MR) is 59.5 cm³/mol. The quantitative estimate of drug-likeness (QED) is 0.732. The van der Waals surface area contributed by atoms with Crippen LogP contribution in [0.1, 0.15) is 18.4 Å². The Morgan fingerprint density at radius 2 is 2.07 bits per heavy atom. The summed E-state index contributed by atoms with van der Waals surface area (Å²) in [6, 6.07) is 4.18. The van der Waals surface area contributed by atoms with Gasteiger partial charge in [-0.2, -0.15) is 0 Å². The van der Waals surface area contributed by atoms with Crippen molar-refractivity contribution < 1.29 is 9.52 Å². The van der Waals surface area contributed by atoms with E-state index in [9.17, 15) is 0 Å². The molecule has 1 heterocycles. The van der Waals surface area contributed by atoms with Gasteiger partial charge in [-0.3, -0.25) is 0 Å². The van der Waals surface area contributed by atoms with E-state index in [1.807, 2.05) is 6.07 Å². The number of aliphatic hydroxyl groups excluding tert-OH is 1. The van der Waals surface area contributed by atoms with Crippen LogP contribution in [0.15, 0.2) is 16.5 Å². The van der Waals surface area contributed by atoms with Crippen molar-refractivity contribution in [1.29, 1.82) is 0 Å². The largest absolute Gasteiger partial charge is 0.462 e. The summed E-state index contributed by atoms with van der Waals surface area (Å²) in [5.74, 6) is 1.48. The molecule has 1 aromatic heterocycles. The molecular weight excluding hydrogens is 192 g/mol. The van der Waals surface area contributed by atoms with E-state index in [1.54, 1.807) is 6.07 Å². The fraction of sp³-hybridized carbons (Fsp3) is 0.636. The molecule has 0 amide bonds. The summed E-state index contributed by atoms with van der Waals surface area (Å²) in [6.45, 7) is 3.75. The molecule has 0 fully saturated rings. The molecule has 0 spiro atoms. The third-order valence-electron chi connectivity index (χ3n) is 2.49. The molecule has 0 saturated heterocycles. The van der Waals surface area contributed by atoms with Gasteiger partial charge in [0.1, 0.15) is 18.1 Å². The maximum absolute atomic E-state index is 8.82. The molecule has 0 aliphatic rings. The van der Waals surface area contributed by atoms with Crippen LogP contribution in [0.2, 0.25) is 0 Å². The maximum atomic E-state index is 8.82. The minimum Gasteiger partial charge on any atom is -0.462 e. The number of aliphatic hydroxyl groups is 1. The fourth-order valence-corrected chi connectivity index (χ4v) is 1.19. The Bertz CT molecular complexity index is 284. The Kier molecular flexibility index (Phi) is 4.81. The summed E-state index contributed by atoms with van der Waals surface area (Å²) in [5, 5.41) is 12.1. The van der Waals surface area contributed by atoms with E-state index in [2.05, 4.69) is 31.2 Å². The second-order valence-electron chi connectivity index (χ2n) is 3.97. The summed E-state index contributed by atoms with van der Waals surface area (Å²) in [6.07, 6.45) is 0. The molecule has 0 bridgehead atoms. The molecule has 1 unspecified atom stereocenters. The van der Waals surface area contributed by atoms with Gasteiger partial charge in [-0.25, -0.2) is 0 Å². The first-order valence-electron chi connectivity index (χ1n) is 5.19. The molecule has 0 aromatic carbocycles. The van der Waals surface area contributed by atoms with Crippen LogP contribution in [-0.4, -0.2) is 36.7 Å². The van der Waals surface area contributed by atoms with Gasteiger partial charge >= 0.3 is 0 Å². The van der Waals surface area contributed by atoms with E-state index in [0.29, 0.717) is 18.3 Å². The number of hydrogen-bond acceptors (Lipinski definition) is 4. The van der Waals surface area contributed by atoms with Crippen molar-refractivity contribution in [3.05, 3.63) is 23.7 Å². The number of rotatable bonds is 6. The number of furan rings is 1. The fourth-order valence-electron chi connectivity index (χ4n) is 1.19. The van der Waals surface area contributed by atoms with Gasteiger partial charge in [0.25, 0.3) is 0 Å². The van der Waals surface area contributed by atoms with Crippen molar-refractivity contribution in [3.8, 4) is 0 Å². The van der Waals surface area contributed by atoms with Gasteiger partial charge in [0.05, 0.1) is 6.54 Å². The Labute approximate surface area is 90.9 Å². The van der Waals surface area contributed by atoms with Crippen molar-refractivity contribution in [2.45, 2.75) is 26.1 Å². The average molecular weight is 212 g/mol. The topological polar surface area (TPSA) is 48.6 Å². The van der Waals surface area contributed by atoms with Gasteiger partial charge in [-0.05, 0) is 33.2 Å². The number of nitrogens with zero attached hydrogens (tertiary/aromatic N) is 1. The maximum Gasteiger partial charge on any atom is 0.129 e. The lowest BCUT2D eigenvalue weighted by molar-refractivity contribution is 0.242. The Morgan fingerprint density at radius 3 is 2.60 bits per heavy atom. The zero-order chi connectivity index (χ0) is 11.3. The number of nitrogens with one attached hydrogen (secondary N) is 1. The van der Waals surface area contributed by atoms with E-state index < -0.39 is 0 Å². The van der Waals surface area contributed by atoms with Gasteiger partial charge in [0, 0.05) is 12.6 Å². The standard InChI is InChI=1S/C11H20N2O2/c1-9(13(2)3)6-12-7-10-4-5-11(8-14)15-10/h4-5,9,12,14H,6-8H2,1-3H3. The Morgan fingerprint density at radius 1 is 1.40 bits per heavy atom. The highest BCUT2D eigenvalue weighted by molar-refractivity contribution is 5.06. The number of likely N-dealkylation sites (N-methyl/N-ethyl adjacent to an activating group) is 1. The second-order valence-corrected chi connectivity index (χ2v) is 3.97. The predicted octanol–water partition coefficient (Wildman–Crippen LogP) is 0.812. The SMILES string of the molecule is CC(CNCc1ccc(CO)o1)N(C)C. The minimum absolute atomic E-state index is 0.0336. The summed E-state index contributed by atoms with van der Waals surface area (Å²) in [4.78, 5) is 2.16. The van der Waals surface area contributed by atoms with Crippen LogP contribution in [0.3, 0.4) is 0 Å². The molecular formula is C11H20N2O2. The first-order valence-corrected chi connectivity index (χ1v) is 5.19. The molecule has 0 aliphatic carbocycles. The van der Waals surface area contributed by atoms with Crippen molar-refractivity contribution >= 4 is 0 Å². The van der Waals surface area contributed by atoms with Crippen LogP contribution in [-0.2, 0) is 13.2 Å². The monoisotopic (exact) mass is 212 g/mol. The summed E-state index contributed by atoms with van der Waals surface area (Å²) in [7, 11) is 4.12. The molecule has 0 aliphatic heterocycles. The molecule has 1 atom stereocenters. The van der Waals surface area contributed by atoms with E-state index in [4.69, 9.17) is 9.52 Å². The van der Waals surface area contributed by atoms with E-state index in [-0.39, 0.29) is 6.61 Å². The third kappa shape index (κ3) is 4.03. The lowest BCUT2D eigenvalue weighted by atomic mass is 10.3. The minimum atomic E-state index is -0.0336. The van der Waals surface area contributed by atoms with Crippen molar-refractivity contribution in [3.63, 3.8) is 0 Å². The van der Waals surface area contributed by atoms with E-state index in [0.717, 1.165) is 12.3 Å². The van der Waals surface area contributed by atoms with Crippen molar-refractivity contribution in [2.24, 2.45) is 0 Å². The summed E-state index contributed by atoms with van der Waals surface area (Å²) in [5.41, 5.74) is 0. The van der Waals surface area contributed by atoms with Crippen LogP contribution in [0.4, 0.5) is 0 Å². The van der Waals surface area contributed by atoms with Crippen LogP contribution in [0.5, 0.6) is 0 Å². The first-order chi connectivity index (χ1) is 7.13. The average Bonchev–Trinajstić information content (AvgIpc) is 2.65. The highest BCUT2D eigenvalue weighted by Crippen LogP contribution is 2.07. The van der Waals surface area contributed by atoms with Crippen LogP contribution in [0.25, 0.3) is 0 Å². The van der Waals surface area contributed by atoms with E-state index >= 15 is 0 Å². The first kappa shape index (κ1) is 12.2. The van der Waals surface area contributed by atoms with Gasteiger partial charge in [0.15, 0.2) is 0 Å². The van der Waals surface area contributed by atoms with Crippen molar-refractivity contribution in [2.75, 3.05) is 20.6 Å². The van der Waals surface area contributed by atoms with Crippen LogP contribution < -0.4 is 5.32 Å². The van der Waals surface area contributed by atoms with Gasteiger partial charge in [-0.15, -0.1) is 0 Å². The summed E-state index contributed by atoms with van der Waals surface area (Å²) >= 11 is 0. The lowest BCUT2D eigenvalue weighted by Crippen LogP contribution is -2.35. The van der Waals surface area contributed by atoms with Gasteiger partial charge in [-0.1, -0.05) is 0 Å². The molecule has 2 N–H and O–H groups in total. The zero-order valence-corrected chi connectivity index (χ0v) is 9.66. The summed E-state index contributed by atoms with van der Waals surface area (Å²) < 4.78 is 5.35. The molecule has 86 valence electrons. The molecule has 0 radical (unpaired) electrons. The molecule has 0 saturated carbocycles. The van der Waals surface area contributed by atoms with Gasteiger partial charge in [0.2, 0.25) is 0 Å². The van der Waals surface area contributed by atoms with Gasteiger partial charge < -0.3 is 19.7 Å². The lowest BCUT2D eigenvalue weighted by Gasteiger charge is -2.19. The molecule has 4 heteroatoms. The Hall–Kier alpha value is -0.840. The third-order valence-corrected chi connectivity index (χ3v) is 2.49. The van der Waals surface area contributed by atoms with Crippen molar-refractivity contribution in [1.82, 2.24) is 10.2 Å². The normalized spacial score (nSPS) is 13.4. The number of hydrogen-bond donors (Lipinski definition) is 2. The molecule has 1 aromatic rings. The van der Waals surface area contributed by atoms with E-state index in [1.165, 1.54) is 0 Å². The molecule has 15 heavy (non-hydrogen) atoms. The van der Waals surface area contributed by atoms with Crippen LogP contribution >= 0.6 is 0 Å². The zero-order valence-electron chi connectivity index (χ0n) is 9.66. The Balaban J connectivity index is 2.25. The highest BCUT2D eigenvalue weighted by atomic mass is 16.4.